The van der Waals surface area contributed by atoms with Gasteiger partial charge in [-0.1, -0.05) is 37.8 Å². The summed E-state index contributed by atoms with van der Waals surface area (Å²) < 4.78 is 0. The Morgan fingerprint density at radius 2 is 1.73 bits per heavy atom. The van der Waals surface area contributed by atoms with Crippen LogP contribution in [0.25, 0.3) is 0 Å². The molecule has 0 spiro atoms. The zero-order chi connectivity index (χ0) is 15.9. The Morgan fingerprint density at radius 1 is 1.14 bits per heavy atom. The molecule has 0 saturated heterocycles. The van der Waals surface area contributed by atoms with Gasteiger partial charge >= 0.3 is 0 Å². The molecule has 2 rings (SSSR count). The molecule has 0 amide bonds. The lowest BCUT2D eigenvalue weighted by molar-refractivity contribution is -0.120. The van der Waals surface area contributed by atoms with Crippen molar-refractivity contribution in [3.8, 4) is 11.8 Å². The van der Waals surface area contributed by atoms with Crippen LogP contribution in [-0.4, -0.2) is 15.8 Å². The van der Waals surface area contributed by atoms with Gasteiger partial charge in [0.1, 0.15) is 5.78 Å². The van der Waals surface area contributed by atoms with Crippen LogP contribution in [0.1, 0.15) is 49.3 Å². The smallest absolute Gasteiger partial charge is 0.222 e. The topological polar surface area (TPSA) is 42.9 Å². The predicted molar refractivity (Wildman–Crippen MR) is 87.8 cm³/mol. The van der Waals surface area contributed by atoms with Gasteiger partial charge in [0.2, 0.25) is 5.28 Å². The zero-order valence-electron chi connectivity index (χ0n) is 12.6. The van der Waals surface area contributed by atoms with Gasteiger partial charge in [0, 0.05) is 30.3 Å². The van der Waals surface area contributed by atoms with E-state index >= 15 is 0 Å². The van der Waals surface area contributed by atoms with E-state index in [0.717, 1.165) is 17.5 Å². The van der Waals surface area contributed by atoms with Crippen LogP contribution in [0.2, 0.25) is 5.28 Å². The number of ketones is 1. The Labute approximate surface area is 135 Å². The average molecular weight is 313 g/mol. The van der Waals surface area contributed by atoms with Crippen molar-refractivity contribution in [2.75, 3.05) is 0 Å². The van der Waals surface area contributed by atoms with E-state index in [9.17, 15) is 4.79 Å². The minimum atomic E-state index is -0.0633. The predicted octanol–water partition coefficient (Wildman–Crippen LogP) is 4.00. The first-order valence-corrected chi connectivity index (χ1v) is 7.60. The number of rotatable bonds is 4. The number of carbonyl (C=O) groups excluding carboxylic acids is 1. The molecule has 1 heterocycles. The standard InChI is InChI=1S/C18H17ClN2O/c1-3-4-17(22)13(2)16-9-7-14(8-10-16)5-6-15-11-20-18(19)21-12-15/h7-13H,3-4H2,1-2H3. The van der Waals surface area contributed by atoms with Crippen molar-refractivity contribution in [3.63, 3.8) is 0 Å². The molecule has 0 N–H and O–H groups in total. The molecule has 1 atom stereocenters. The van der Waals surface area contributed by atoms with Crippen LogP contribution in [-0.2, 0) is 4.79 Å². The Bertz CT molecular complexity index is 697. The van der Waals surface area contributed by atoms with Crippen LogP contribution >= 0.6 is 11.6 Å². The van der Waals surface area contributed by atoms with Gasteiger partial charge in [0.15, 0.2) is 0 Å². The minimum Gasteiger partial charge on any atom is -0.299 e. The molecule has 0 aliphatic heterocycles. The highest BCUT2D eigenvalue weighted by molar-refractivity contribution is 6.28. The number of carbonyl (C=O) groups is 1. The largest absolute Gasteiger partial charge is 0.299 e. The summed E-state index contributed by atoms with van der Waals surface area (Å²) in [5, 5.41) is 0.209. The van der Waals surface area contributed by atoms with Gasteiger partial charge in [-0.3, -0.25) is 4.79 Å². The first kappa shape index (κ1) is 16.2. The van der Waals surface area contributed by atoms with E-state index in [4.69, 9.17) is 11.6 Å². The summed E-state index contributed by atoms with van der Waals surface area (Å²) in [5.74, 6) is 6.24. The molecular weight excluding hydrogens is 296 g/mol. The molecule has 0 aliphatic carbocycles. The highest BCUT2D eigenvalue weighted by atomic mass is 35.5. The van der Waals surface area contributed by atoms with Gasteiger partial charge in [-0.2, -0.15) is 0 Å². The Hall–Kier alpha value is -2.18. The molecule has 0 bridgehead atoms. The molecule has 1 aromatic carbocycles. The van der Waals surface area contributed by atoms with Crippen molar-refractivity contribution >= 4 is 17.4 Å². The van der Waals surface area contributed by atoms with Crippen molar-refractivity contribution in [2.24, 2.45) is 0 Å². The number of hydrogen-bond acceptors (Lipinski definition) is 3. The van der Waals surface area contributed by atoms with E-state index < -0.39 is 0 Å². The summed E-state index contributed by atoms with van der Waals surface area (Å²) in [7, 11) is 0. The van der Waals surface area contributed by atoms with Crippen molar-refractivity contribution in [1.29, 1.82) is 0 Å². The second kappa shape index (κ2) is 7.72. The monoisotopic (exact) mass is 312 g/mol. The highest BCUT2D eigenvalue weighted by Crippen LogP contribution is 2.18. The SMILES string of the molecule is CCCC(=O)C(C)c1ccc(C#Cc2cnc(Cl)nc2)cc1. The lowest BCUT2D eigenvalue weighted by atomic mass is 9.93. The maximum atomic E-state index is 11.9. The van der Waals surface area contributed by atoms with E-state index in [0.29, 0.717) is 12.0 Å². The maximum Gasteiger partial charge on any atom is 0.222 e. The summed E-state index contributed by atoms with van der Waals surface area (Å²) >= 11 is 5.63. The van der Waals surface area contributed by atoms with Crippen LogP contribution in [0, 0.1) is 11.8 Å². The Kier molecular flexibility index (Phi) is 5.68. The van der Waals surface area contributed by atoms with E-state index in [1.165, 1.54) is 0 Å². The van der Waals surface area contributed by atoms with E-state index in [-0.39, 0.29) is 17.0 Å². The molecular formula is C18H17ClN2O. The summed E-state index contributed by atoms with van der Waals surface area (Å²) in [4.78, 5) is 19.7. The Balaban J connectivity index is 2.09. The third kappa shape index (κ3) is 4.41. The number of halogens is 1. The summed E-state index contributed by atoms with van der Waals surface area (Å²) in [5.41, 5.74) is 2.62. The molecule has 1 aromatic heterocycles. The maximum absolute atomic E-state index is 11.9. The lowest BCUT2D eigenvalue weighted by Gasteiger charge is -2.10. The third-order valence-corrected chi connectivity index (χ3v) is 3.56. The lowest BCUT2D eigenvalue weighted by Crippen LogP contribution is -2.08. The van der Waals surface area contributed by atoms with Crippen molar-refractivity contribution in [2.45, 2.75) is 32.6 Å². The van der Waals surface area contributed by atoms with Gasteiger partial charge in [-0.05, 0) is 35.7 Å². The average Bonchev–Trinajstić information content (AvgIpc) is 2.54. The summed E-state index contributed by atoms with van der Waals surface area (Å²) in [6.45, 7) is 3.97. The number of benzene rings is 1. The molecule has 0 fully saturated rings. The zero-order valence-corrected chi connectivity index (χ0v) is 13.4. The molecule has 0 saturated carbocycles. The van der Waals surface area contributed by atoms with Gasteiger partial charge in [0.25, 0.3) is 0 Å². The summed E-state index contributed by atoms with van der Waals surface area (Å²) in [6, 6.07) is 7.77. The number of nitrogens with zero attached hydrogens (tertiary/aromatic N) is 2. The van der Waals surface area contributed by atoms with Crippen LogP contribution in [0.4, 0.5) is 0 Å². The quantitative estimate of drug-likeness (QED) is 0.633. The van der Waals surface area contributed by atoms with Gasteiger partial charge < -0.3 is 0 Å². The molecule has 0 radical (unpaired) electrons. The van der Waals surface area contributed by atoms with E-state index in [2.05, 4.69) is 21.8 Å². The van der Waals surface area contributed by atoms with Crippen LogP contribution < -0.4 is 0 Å². The summed E-state index contributed by atoms with van der Waals surface area (Å²) in [6.07, 6.45) is 4.68. The van der Waals surface area contributed by atoms with Crippen LogP contribution in [0.3, 0.4) is 0 Å². The third-order valence-electron chi connectivity index (χ3n) is 3.36. The van der Waals surface area contributed by atoms with E-state index in [1.807, 2.05) is 38.1 Å². The fraction of sp³-hybridized carbons (Fsp3) is 0.278. The normalized spacial score (nSPS) is 11.4. The van der Waals surface area contributed by atoms with Crippen LogP contribution in [0.15, 0.2) is 36.7 Å². The molecule has 112 valence electrons. The van der Waals surface area contributed by atoms with Crippen LogP contribution in [0.5, 0.6) is 0 Å². The van der Waals surface area contributed by atoms with Crippen molar-refractivity contribution in [1.82, 2.24) is 9.97 Å². The minimum absolute atomic E-state index is 0.0633. The fourth-order valence-electron chi connectivity index (χ4n) is 2.03. The number of hydrogen-bond donors (Lipinski definition) is 0. The molecule has 3 nitrogen and oxygen atoms in total. The Morgan fingerprint density at radius 3 is 2.32 bits per heavy atom. The second-order valence-electron chi connectivity index (χ2n) is 5.05. The molecule has 1 unspecified atom stereocenters. The molecule has 0 aliphatic rings. The first-order valence-electron chi connectivity index (χ1n) is 7.22. The van der Waals surface area contributed by atoms with Crippen molar-refractivity contribution in [3.05, 3.63) is 58.6 Å². The first-order chi connectivity index (χ1) is 10.6. The molecule has 2 aromatic rings. The van der Waals surface area contributed by atoms with Gasteiger partial charge in [-0.25, -0.2) is 9.97 Å². The van der Waals surface area contributed by atoms with Crippen molar-refractivity contribution < 1.29 is 4.79 Å². The van der Waals surface area contributed by atoms with Gasteiger partial charge in [0.05, 0.1) is 5.56 Å². The highest BCUT2D eigenvalue weighted by Gasteiger charge is 2.13. The number of aromatic nitrogens is 2. The fourth-order valence-corrected chi connectivity index (χ4v) is 2.12. The molecule has 22 heavy (non-hydrogen) atoms. The van der Waals surface area contributed by atoms with E-state index in [1.54, 1.807) is 12.4 Å². The number of Topliss-reactive ketones (excluding diaryl/α,β-unsaturated/α-hetero) is 1. The van der Waals surface area contributed by atoms with Gasteiger partial charge in [-0.15, -0.1) is 0 Å². The second-order valence-corrected chi connectivity index (χ2v) is 5.39. The molecule has 4 heteroatoms.